The number of nitrogens with zero attached hydrogens (tertiary/aromatic N) is 2. The summed E-state index contributed by atoms with van der Waals surface area (Å²) in [6.45, 7) is 6.54. The molecular weight excluding hydrogens is 244 g/mol. The number of aryl methyl sites for hydroxylation is 1. The normalized spacial score (nSPS) is 16.9. The van der Waals surface area contributed by atoms with Crippen molar-refractivity contribution in [2.45, 2.75) is 45.6 Å². The van der Waals surface area contributed by atoms with Gasteiger partial charge >= 0.3 is 0 Å². The van der Waals surface area contributed by atoms with Crippen molar-refractivity contribution in [3.05, 3.63) is 36.0 Å². The summed E-state index contributed by atoms with van der Waals surface area (Å²) in [7, 11) is 2.09. The fraction of sp³-hybridized carbons (Fsp3) is 0.500. The van der Waals surface area contributed by atoms with E-state index in [1.807, 2.05) is 0 Å². The van der Waals surface area contributed by atoms with Crippen LogP contribution < -0.4 is 0 Å². The van der Waals surface area contributed by atoms with Crippen LogP contribution in [0, 0.1) is 5.92 Å². The summed E-state index contributed by atoms with van der Waals surface area (Å²) in [5.41, 5.74) is 3.86. The van der Waals surface area contributed by atoms with E-state index in [0.29, 0.717) is 0 Å². The fourth-order valence-electron chi connectivity index (χ4n) is 2.69. The van der Waals surface area contributed by atoms with Crippen molar-refractivity contribution in [2.75, 3.05) is 0 Å². The second-order valence-electron chi connectivity index (χ2n) is 7.08. The van der Waals surface area contributed by atoms with Gasteiger partial charge in [-0.3, -0.25) is 4.99 Å². The standard InChI is InChI=1S/C18H24N2/c1-18(2,3)19-16(11-13-5-6-13)14-7-8-17-15(12-14)9-10-20(17)4/h7-10,12-13H,5-6,11H2,1-4H3. The van der Waals surface area contributed by atoms with Crippen LogP contribution in [0.4, 0.5) is 0 Å². The second kappa shape index (κ2) is 4.76. The molecule has 0 amide bonds. The van der Waals surface area contributed by atoms with Crippen molar-refractivity contribution in [1.29, 1.82) is 0 Å². The fourth-order valence-corrected chi connectivity index (χ4v) is 2.69. The molecule has 20 heavy (non-hydrogen) atoms. The number of aliphatic imine (C=N–C) groups is 1. The van der Waals surface area contributed by atoms with E-state index in [2.05, 4.69) is 62.8 Å². The third kappa shape index (κ3) is 2.95. The summed E-state index contributed by atoms with van der Waals surface area (Å²) < 4.78 is 2.17. The monoisotopic (exact) mass is 268 g/mol. The lowest BCUT2D eigenvalue weighted by Gasteiger charge is -2.17. The Balaban J connectivity index is 2.01. The van der Waals surface area contributed by atoms with Gasteiger partial charge < -0.3 is 4.57 Å². The van der Waals surface area contributed by atoms with Crippen LogP contribution in [0.1, 0.15) is 45.6 Å². The van der Waals surface area contributed by atoms with Gasteiger partial charge in [0, 0.05) is 29.9 Å². The lowest BCUT2D eigenvalue weighted by molar-refractivity contribution is 0.581. The zero-order chi connectivity index (χ0) is 14.3. The first kappa shape index (κ1) is 13.4. The SMILES string of the molecule is Cn1ccc2cc(C(CC3CC3)=NC(C)(C)C)ccc21. The highest BCUT2D eigenvalue weighted by Gasteiger charge is 2.25. The van der Waals surface area contributed by atoms with Crippen molar-refractivity contribution in [2.24, 2.45) is 18.0 Å². The summed E-state index contributed by atoms with van der Waals surface area (Å²) in [4.78, 5) is 4.98. The molecule has 3 rings (SSSR count). The molecule has 0 radical (unpaired) electrons. The van der Waals surface area contributed by atoms with Crippen molar-refractivity contribution in [3.63, 3.8) is 0 Å². The van der Waals surface area contributed by atoms with E-state index in [9.17, 15) is 0 Å². The number of hydrogen-bond acceptors (Lipinski definition) is 1. The molecule has 2 aromatic rings. The molecule has 1 heterocycles. The molecule has 2 heteroatoms. The Morgan fingerprint density at radius 1 is 1.25 bits per heavy atom. The minimum atomic E-state index is -0.00410. The Kier molecular flexibility index (Phi) is 3.19. The van der Waals surface area contributed by atoms with Crippen LogP contribution >= 0.6 is 0 Å². The molecule has 1 fully saturated rings. The van der Waals surface area contributed by atoms with E-state index in [1.54, 1.807) is 0 Å². The molecular formula is C18H24N2. The largest absolute Gasteiger partial charge is 0.351 e. The highest BCUT2D eigenvalue weighted by molar-refractivity contribution is 6.03. The first-order valence-corrected chi connectivity index (χ1v) is 7.56. The predicted octanol–water partition coefficient (Wildman–Crippen LogP) is 4.57. The lowest BCUT2D eigenvalue weighted by atomic mass is 10.0. The van der Waals surface area contributed by atoms with E-state index in [0.717, 1.165) is 12.3 Å². The number of fused-ring (bicyclic) bond motifs is 1. The maximum atomic E-state index is 4.98. The highest BCUT2D eigenvalue weighted by atomic mass is 14.9. The van der Waals surface area contributed by atoms with Gasteiger partial charge in [-0.05, 0) is 69.7 Å². The van der Waals surface area contributed by atoms with Crippen LogP contribution in [0.15, 0.2) is 35.5 Å². The molecule has 2 nitrogen and oxygen atoms in total. The predicted molar refractivity (Wildman–Crippen MR) is 86.6 cm³/mol. The zero-order valence-corrected chi connectivity index (χ0v) is 13.0. The Morgan fingerprint density at radius 3 is 2.65 bits per heavy atom. The highest BCUT2D eigenvalue weighted by Crippen LogP contribution is 2.34. The maximum Gasteiger partial charge on any atom is 0.0527 e. The van der Waals surface area contributed by atoms with Gasteiger partial charge in [-0.1, -0.05) is 6.07 Å². The first-order valence-electron chi connectivity index (χ1n) is 7.56. The second-order valence-corrected chi connectivity index (χ2v) is 7.08. The van der Waals surface area contributed by atoms with Gasteiger partial charge in [-0.15, -0.1) is 0 Å². The molecule has 1 aromatic heterocycles. The molecule has 0 aliphatic heterocycles. The quantitative estimate of drug-likeness (QED) is 0.726. The average Bonchev–Trinajstić information content (AvgIpc) is 3.10. The van der Waals surface area contributed by atoms with Crippen LogP contribution in [0.2, 0.25) is 0 Å². The number of aromatic nitrogens is 1. The summed E-state index contributed by atoms with van der Waals surface area (Å²) in [5.74, 6) is 0.863. The molecule has 1 aliphatic rings. The van der Waals surface area contributed by atoms with Gasteiger partial charge in [0.25, 0.3) is 0 Å². The van der Waals surface area contributed by atoms with Gasteiger partial charge in [0.2, 0.25) is 0 Å². The molecule has 0 bridgehead atoms. The van der Waals surface area contributed by atoms with Crippen LogP contribution in [-0.2, 0) is 7.05 Å². The van der Waals surface area contributed by atoms with Gasteiger partial charge in [0.1, 0.15) is 0 Å². The van der Waals surface area contributed by atoms with E-state index >= 15 is 0 Å². The number of rotatable bonds is 3. The van der Waals surface area contributed by atoms with Gasteiger partial charge in [-0.2, -0.15) is 0 Å². The average molecular weight is 268 g/mol. The first-order chi connectivity index (χ1) is 9.42. The lowest BCUT2D eigenvalue weighted by Crippen LogP contribution is -2.15. The Bertz CT molecular complexity index is 652. The minimum absolute atomic E-state index is 0.00410. The molecule has 0 N–H and O–H groups in total. The molecule has 1 aromatic carbocycles. The molecule has 1 aliphatic carbocycles. The van der Waals surface area contributed by atoms with E-state index in [-0.39, 0.29) is 5.54 Å². The Morgan fingerprint density at radius 2 is 2.00 bits per heavy atom. The van der Waals surface area contributed by atoms with E-state index in [1.165, 1.54) is 35.0 Å². The summed E-state index contributed by atoms with van der Waals surface area (Å²) >= 11 is 0. The van der Waals surface area contributed by atoms with Gasteiger partial charge in [0.05, 0.1) is 5.54 Å². The molecule has 1 saturated carbocycles. The van der Waals surface area contributed by atoms with Crippen molar-refractivity contribution in [1.82, 2.24) is 4.57 Å². The minimum Gasteiger partial charge on any atom is -0.351 e. The number of hydrogen-bond donors (Lipinski definition) is 0. The van der Waals surface area contributed by atoms with Crippen LogP contribution in [0.5, 0.6) is 0 Å². The zero-order valence-electron chi connectivity index (χ0n) is 13.0. The molecule has 0 spiro atoms. The summed E-state index contributed by atoms with van der Waals surface area (Å²) in [5, 5.41) is 1.31. The Labute approximate surface area is 121 Å². The van der Waals surface area contributed by atoms with Crippen molar-refractivity contribution < 1.29 is 0 Å². The van der Waals surface area contributed by atoms with E-state index in [4.69, 9.17) is 4.99 Å². The number of benzene rings is 1. The summed E-state index contributed by atoms with van der Waals surface area (Å²) in [6, 6.07) is 8.93. The molecule has 0 atom stereocenters. The van der Waals surface area contributed by atoms with E-state index < -0.39 is 0 Å². The smallest absolute Gasteiger partial charge is 0.0527 e. The van der Waals surface area contributed by atoms with Crippen molar-refractivity contribution in [3.8, 4) is 0 Å². The van der Waals surface area contributed by atoms with Crippen LogP contribution in [-0.4, -0.2) is 15.8 Å². The third-order valence-corrected chi connectivity index (χ3v) is 3.87. The Hall–Kier alpha value is -1.57. The third-order valence-electron chi connectivity index (χ3n) is 3.87. The van der Waals surface area contributed by atoms with Gasteiger partial charge in [-0.25, -0.2) is 0 Å². The molecule has 106 valence electrons. The molecule has 0 saturated heterocycles. The van der Waals surface area contributed by atoms with Gasteiger partial charge in [0.15, 0.2) is 0 Å². The molecule has 0 unspecified atom stereocenters. The topological polar surface area (TPSA) is 17.3 Å². The summed E-state index contributed by atoms with van der Waals surface area (Å²) in [6.07, 6.45) is 6.00. The van der Waals surface area contributed by atoms with Crippen molar-refractivity contribution >= 4 is 16.6 Å². The van der Waals surface area contributed by atoms with Crippen LogP contribution in [0.25, 0.3) is 10.9 Å². The van der Waals surface area contributed by atoms with Crippen LogP contribution in [0.3, 0.4) is 0 Å². The maximum absolute atomic E-state index is 4.98.